The van der Waals surface area contributed by atoms with Crippen LogP contribution >= 0.6 is 22.6 Å². The van der Waals surface area contributed by atoms with Crippen molar-refractivity contribution in [3.63, 3.8) is 0 Å². The lowest BCUT2D eigenvalue weighted by Crippen LogP contribution is -2.38. The number of unbranched alkanes of at least 4 members (excludes halogenated alkanes) is 2. The number of alkyl halides is 1. The Morgan fingerprint density at radius 1 is 1.04 bits per heavy atom. The van der Waals surface area contributed by atoms with E-state index in [2.05, 4.69) is 0 Å². The number of hydrogen-bond donors (Lipinski definition) is 1. The molecular formula is C19H26IN3O3S. The van der Waals surface area contributed by atoms with Crippen LogP contribution in [0.4, 0.5) is 5.69 Å². The largest absolute Gasteiger partial charge is 0.377 e. The summed E-state index contributed by atoms with van der Waals surface area (Å²) in [7, 11) is -0.107. The first-order valence-corrected chi connectivity index (χ1v) is 11.8. The molecule has 0 radical (unpaired) electrons. The summed E-state index contributed by atoms with van der Waals surface area (Å²) >= 11 is 1.91. The molecule has 0 saturated carbocycles. The van der Waals surface area contributed by atoms with Gasteiger partial charge in [0.25, 0.3) is 10.0 Å². The number of rotatable bonds is 9. The summed E-state index contributed by atoms with van der Waals surface area (Å²) in [5, 5.41) is 1.46. The van der Waals surface area contributed by atoms with Gasteiger partial charge in [-0.1, -0.05) is 53.3 Å². The molecule has 2 N–H and O–H groups in total. The fourth-order valence-electron chi connectivity index (χ4n) is 3.02. The number of fused-ring (bicyclic) bond motifs is 1. The molecule has 0 aliphatic heterocycles. The zero-order valence-corrected chi connectivity index (χ0v) is 18.7. The molecule has 0 atom stereocenters. The average Bonchev–Trinajstić information content (AvgIpc) is 2.66. The van der Waals surface area contributed by atoms with Gasteiger partial charge >= 0.3 is 0 Å². The fraction of sp³-hybridized carbons (Fsp3) is 0.421. The van der Waals surface area contributed by atoms with Crippen LogP contribution in [0.5, 0.6) is 0 Å². The van der Waals surface area contributed by atoms with Crippen LogP contribution in [0.1, 0.15) is 19.3 Å². The van der Waals surface area contributed by atoms with E-state index in [0.29, 0.717) is 18.4 Å². The molecule has 2 rings (SSSR count). The minimum Gasteiger partial charge on any atom is -0.377 e. The molecule has 0 aromatic heterocycles. The number of sulfonamides is 1. The Morgan fingerprint density at radius 2 is 1.70 bits per heavy atom. The Kier molecular flexibility index (Phi) is 7.87. The zero-order chi connectivity index (χ0) is 20.0. The molecule has 0 heterocycles. The maximum atomic E-state index is 13.4. The van der Waals surface area contributed by atoms with Crippen molar-refractivity contribution in [3.05, 3.63) is 36.4 Å². The highest BCUT2D eigenvalue weighted by Crippen LogP contribution is 2.31. The molecule has 0 unspecified atom stereocenters. The number of benzene rings is 2. The van der Waals surface area contributed by atoms with Crippen LogP contribution in [0.2, 0.25) is 0 Å². The molecule has 6 nitrogen and oxygen atoms in total. The minimum atomic E-state index is -3.94. The summed E-state index contributed by atoms with van der Waals surface area (Å²) in [4.78, 5) is 14.5. The Balaban J connectivity index is 2.52. The first kappa shape index (κ1) is 21.9. The second kappa shape index (κ2) is 9.70. The molecule has 27 heavy (non-hydrogen) atoms. The molecule has 0 aliphatic carbocycles. The Morgan fingerprint density at radius 3 is 2.33 bits per heavy atom. The molecular weight excluding hydrogens is 477 g/mol. The predicted molar refractivity (Wildman–Crippen MR) is 119 cm³/mol. The van der Waals surface area contributed by atoms with Gasteiger partial charge in [0.2, 0.25) is 5.91 Å². The quantitative estimate of drug-likeness (QED) is 0.323. The molecule has 2 aromatic carbocycles. The second-order valence-corrected chi connectivity index (χ2v) is 9.07. The first-order chi connectivity index (χ1) is 12.8. The lowest BCUT2D eigenvalue weighted by Gasteiger charge is -2.23. The Bertz CT molecular complexity index is 900. The monoisotopic (exact) mass is 503 g/mol. The van der Waals surface area contributed by atoms with Gasteiger partial charge in [-0.2, -0.15) is 0 Å². The number of amides is 1. The Labute approximate surface area is 174 Å². The summed E-state index contributed by atoms with van der Waals surface area (Å²) < 4.78 is 27.8. The zero-order valence-electron chi connectivity index (χ0n) is 15.7. The summed E-state index contributed by atoms with van der Waals surface area (Å²) in [6.45, 7) is 0.734. The van der Waals surface area contributed by atoms with E-state index in [0.717, 1.165) is 28.2 Å². The van der Waals surface area contributed by atoms with Crippen molar-refractivity contribution in [3.8, 4) is 0 Å². The summed E-state index contributed by atoms with van der Waals surface area (Å²) in [6.07, 6.45) is 2.21. The molecule has 2 aromatic rings. The number of carbonyl (C=O) groups is 1. The highest BCUT2D eigenvalue weighted by Gasteiger charge is 2.29. The van der Waals surface area contributed by atoms with Crippen molar-refractivity contribution < 1.29 is 13.2 Å². The molecule has 0 saturated heterocycles. The molecule has 0 spiro atoms. The van der Waals surface area contributed by atoms with Gasteiger partial charge in [-0.25, -0.2) is 12.7 Å². The van der Waals surface area contributed by atoms with Gasteiger partial charge in [-0.3, -0.25) is 4.79 Å². The molecule has 8 heteroatoms. The van der Waals surface area contributed by atoms with Gasteiger partial charge in [0.15, 0.2) is 0 Å². The molecule has 0 aliphatic rings. The summed E-state index contributed by atoms with van der Waals surface area (Å²) in [5.41, 5.74) is 6.43. The van der Waals surface area contributed by atoms with Crippen molar-refractivity contribution in [2.45, 2.75) is 24.2 Å². The maximum Gasteiger partial charge on any atom is 0.267 e. The van der Waals surface area contributed by atoms with E-state index >= 15 is 0 Å². The first-order valence-electron chi connectivity index (χ1n) is 8.85. The van der Waals surface area contributed by atoms with Crippen LogP contribution < -0.4 is 10.6 Å². The highest BCUT2D eigenvalue weighted by atomic mass is 127. The third-order valence-electron chi connectivity index (χ3n) is 4.37. The lowest BCUT2D eigenvalue weighted by atomic mass is 10.1. The summed E-state index contributed by atoms with van der Waals surface area (Å²) in [6, 6.07) is 10.8. The highest BCUT2D eigenvalue weighted by molar-refractivity contribution is 14.1. The number of nitrogens with zero attached hydrogens (tertiary/aromatic N) is 2. The smallest absolute Gasteiger partial charge is 0.267 e. The number of carbonyl (C=O) groups excluding carboxylic acids is 1. The van der Waals surface area contributed by atoms with Crippen LogP contribution in [-0.2, 0) is 14.8 Å². The second-order valence-electron chi connectivity index (χ2n) is 6.48. The van der Waals surface area contributed by atoms with Crippen LogP contribution in [0.15, 0.2) is 41.3 Å². The van der Waals surface area contributed by atoms with E-state index in [9.17, 15) is 13.2 Å². The van der Waals surface area contributed by atoms with Crippen LogP contribution in [0, 0.1) is 0 Å². The van der Waals surface area contributed by atoms with Crippen LogP contribution in [0.3, 0.4) is 0 Å². The number of anilines is 1. The van der Waals surface area contributed by atoms with Gasteiger partial charge in [-0.05, 0) is 31.5 Å². The van der Waals surface area contributed by atoms with Crippen molar-refractivity contribution in [1.82, 2.24) is 4.31 Å². The predicted octanol–water partition coefficient (Wildman–Crippen LogP) is 2.99. The molecule has 0 bridgehead atoms. The van der Waals surface area contributed by atoms with E-state index < -0.39 is 15.9 Å². The van der Waals surface area contributed by atoms with Crippen molar-refractivity contribution in [1.29, 1.82) is 0 Å². The normalized spacial score (nSPS) is 11.6. The van der Waals surface area contributed by atoms with E-state index in [-0.39, 0.29) is 15.9 Å². The van der Waals surface area contributed by atoms with E-state index in [1.807, 2.05) is 59.8 Å². The standard InChI is InChI=1S/C19H26IN3O3S/c1-22(2)17-10-6-9-16-15(17)8-7-11-18(16)27(25,26)23(19(24)14-20)13-5-3-4-12-21/h6-11H,3-5,12-14,21H2,1-2H3. The van der Waals surface area contributed by atoms with Crippen LogP contribution in [-0.4, -0.2) is 50.2 Å². The lowest BCUT2D eigenvalue weighted by molar-refractivity contribution is -0.123. The minimum absolute atomic E-state index is 0.113. The van der Waals surface area contributed by atoms with Gasteiger partial charge in [0.1, 0.15) is 0 Å². The van der Waals surface area contributed by atoms with Crippen molar-refractivity contribution in [2.24, 2.45) is 5.73 Å². The fourth-order valence-corrected chi connectivity index (χ4v) is 5.31. The third kappa shape index (κ3) is 4.91. The molecule has 148 valence electrons. The maximum absolute atomic E-state index is 13.4. The molecule has 1 amide bonds. The van der Waals surface area contributed by atoms with Crippen molar-refractivity contribution >= 4 is 55.0 Å². The SMILES string of the molecule is CN(C)c1cccc2c(S(=O)(=O)N(CCCCCN)C(=O)CI)cccc12. The van der Waals surface area contributed by atoms with E-state index in [1.54, 1.807) is 18.2 Å². The Hall–Kier alpha value is -1.39. The summed E-state index contributed by atoms with van der Waals surface area (Å²) in [5.74, 6) is -0.399. The topological polar surface area (TPSA) is 83.7 Å². The van der Waals surface area contributed by atoms with E-state index in [1.165, 1.54) is 0 Å². The number of halogens is 1. The number of hydrogen-bond acceptors (Lipinski definition) is 5. The average molecular weight is 503 g/mol. The van der Waals surface area contributed by atoms with Crippen LogP contribution in [0.25, 0.3) is 10.8 Å². The van der Waals surface area contributed by atoms with Gasteiger partial charge in [0, 0.05) is 37.1 Å². The van der Waals surface area contributed by atoms with Gasteiger partial charge in [0.05, 0.1) is 9.32 Å². The molecule has 0 fully saturated rings. The van der Waals surface area contributed by atoms with Crippen molar-refractivity contribution in [2.75, 3.05) is 36.5 Å². The number of nitrogens with two attached hydrogens (primary N) is 1. The third-order valence-corrected chi connectivity index (χ3v) is 6.90. The van der Waals surface area contributed by atoms with Gasteiger partial charge in [-0.15, -0.1) is 0 Å². The van der Waals surface area contributed by atoms with E-state index in [4.69, 9.17) is 5.73 Å². The van der Waals surface area contributed by atoms with Gasteiger partial charge < -0.3 is 10.6 Å².